The van der Waals surface area contributed by atoms with Gasteiger partial charge in [0.15, 0.2) is 0 Å². The van der Waals surface area contributed by atoms with Gasteiger partial charge >= 0.3 is 180 Å². The SMILES string of the molecule is [10BH-][10B]([10BH2])[10B]([10B]([10BH2])[10BH2])[10B]([10B]=S(C)Cc1cc(=O)c(O)co1)[10B]([10BH2])[10BH2].[Na+]. The molecule has 0 spiro atoms. The molecule has 3 nitrogen and oxygen atoms in total. The van der Waals surface area contributed by atoms with Gasteiger partial charge in [0.05, 0.1) is 0 Å². The van der Waals surface area contributed by atoms with Gasteiger partial charge in [0.2, 0.25) is 0 Å². The van der Waals surface area contributed by atoms with E-state index in [9.17, 15) is 9.90 Å². The largest absolute Gasteiger partial charge is 1.00 e. The summed E-state index contributed by atoms with van der Waals surface area (Å²) in [4.78, 5) is 11.5. The molecule has 2 radical (unpaired) electrons. The monoisotopic (exact) mass is 326 g/mol. The van der Waals surface area contributed by atoms with Gasteiger partial charge in [0, 0.05) is 0 Å². The first kappa shape index (κ1) is 24.9. The summed E-state index contributed by atoms with van der Waals surface area (Å²) >= 11 is 0. The van der Waals surface area contributed by atoms with Crippen molar-refractivity contribution in [2.24, 2.45) is 0 Å². The van der Waals surface area contributed by atoms with Gasteiger partial charge in [0.25, 0.3) is 0 Å². The molecule has 0 saturated heterocycles. The Labute approximate surface area is 178 Å². The molecule has 1 aromatic heterocycles. The molecule has 0 amide bonds. The zero-order chi connectivity index (χ0) is 17.7. The fraction of sp³-hybridized carbons (Fsp3) is 0.286. The van der Waals surface area contributed by atoms with Crippen LogP contribution in [0.3, 0.4) is 0 Å². The summed E-state index contributed by atoms with van der Waals surface area (Å²) in [6.45, 7) is 0. The average molecular weight is 326 g/mol. The molecule has 17 heteroatoms. The van der Waals surface area contributed by atoms with E-state index >= 15 is 0 Å². The van der Waals surface area contributed by atoms with Crippen LogP contribution in [0.1, 0.15) is 5.76 Å². The number of aromatic hydroxyl groups is 1. The predicted octanol–water partition coefficient (Wildman–Crippen LogP) is -9.30. The topological polar surface area (TPSA) is 50.4 Å². The van der Waals surface area contributed by atoms with E-state index in [1.54, 1.807) is 0 Å². The molecular formula is C7H19B12NaO3S. The number of hydrogen-bond acceptors (Lipinski definition) is 3. The molecule has 0 bridgehead atoms. The molecule has 1 N–H and O–H groups in total. The van der Waals surface area contributed by atoms with Crippen LogP contribution in [0.25, 0.3) is 0 Å². The van der Waals surface area contributed by atoms with Crippen molar-refractivity contribution in [1.29, 1.82) is 0 Å². The van der Waals surface area contributed by atoms with Crippen LogP contribution in [0.5, 0.6) is 5.75 Å². The van der Waals surface area contributed by atoms with E-state index in [0.29, 0.717) is 43.4 Å². The summed E-state index contributed by atoms with van der Waals surface area (Å²) in [5.41, 5.74) is -0.380. The van der Waals surface area contributed by atoms with Gasteiger partial charge in [-0.05, 0) is 0 Å². The van der Waals surface area contributed by atoms with Crippen molar-refractivity contribution in [1.82, 2.24) is 0 Å². The molecule has 0 aliphatic carbocycles. The maximum Gasteiger partial charge on any atom is 1.00 e. The summed E-state index contributed by atoms with van der Waals surface area (Å²) in [6, 6.07) is 3.81. The van der Waals surface area contributed by atoms with Crippen LogP contribution >= 0.6 is 10.3 Å². The fourth-order valence-electron chi connectivity index (χ4n) is 3.23. The van der Waals surface area contributed by atoms with Gasteiger partial charge in [-0.2, -0.15) is 0 Å². The van der Waals surface area contributed by atoms with Crippen molar-refractivity contribution in [3.63, 3.8) is 0 Å². The van der Waals surface area contributed by atoms with Gasteiger partial charge < -0.3 is 0 Å². The Hall–Kier alpha value is 0.879. The Kier molecular flexibility index (Phi) is 12.0. The van der Waals surface area contributed by atoms with Crippen molar-refractivity contribution in [3.05, 3.63) is 28.3 Å². The van der Waals surface area contributed by atoms with E-state index in [-0.39, 0.29) is 51.1 Å². The molecule has 108 valence electrons. The standard InChI is InChI=1S/C7H19B12O3S.Na/c1-23(4-5-2-6(20)7(21)3-22-5)14-18(15(8)9)19(16(10)11)17(12)13;/h2-3,10,21H,4,8-9,11-13H2,1H3;/q-1;+1/i8-1,9-1,10-1,11-1,12-1,13-1,14-1,15-1,16-1,17-1,18-1,19-1;. The predicted molar refractivity (Wildman–Crippen MR) is 128 cm³/mol. The van der Waals surface area contributed by atoms with Gasteiger partial charge in [-0.15, -0.1) is 0 Å². The van der Waals surface area contributed by atoms with Crippen molar-refractivity contribution in [3.8, 4) is 5.75 Å². The Morgan fingerprint density at radius 1 is 1.29 bits per heavy atom. The van der Waals surface area contributed by atoms with Gasteiger partial charge in [-0.25, -0.2) is 0 Å². The van der Waals surface area contributed by atoms with E-state index in [1.807, 2.05) is 0 Å². The molecule has 1 heterocycles. The summed E-state index contributed by atoms with van der Waals surface area (Å²) in [5.74, 6) is 0.982. The zero-order valence-electron chi connectivity index (χ0n) is 16.2. The van der Waals surface area contributed by atoms with Crippen LogP contribution in [0.15, 0.2) is 21.5 Å². The minimum atomic E-state index is -0.380. The summed E-state index contributed by atoms with van der Waals surface area (Å²) in [7, 11) is 15.5. The first-order valence-corrected chi connectivity index (χ1v) is 10.1. The Morgan fingerprint density at radius 3 is 2.29 bits per heavy atom. The van der Waals surface area contributed by atoms with Crippen LogP contribution in [-0.2, 0) is 5.75 Å². The summed E-state index contributed by atoms with van der Waals surface area (Å²) < 4.78 is 5.33. The maximum atomic E-state index is 11.5. The molecule has 0 aliphatic heterocycles. The normalized spacial score (nSPS) is 10.9. The Morgan fingerprint density at radius 2 is 1.88 bits per heavy atom. The Bertz CT molecular complexity index is 601. The number of hydrogen-bond donors (Lipinski definition) is 1. The second-order valence-electron chi connectivity index (χ2n) is 7.19. The molecule has 0 aromatic carbocycles. The van der Waals surface area contributed by atoms with Crippen molar-refractivity contribution in [2.75, 3.05) is 6.26 Å². The van der Waals surface area contributed by atoms with Gasteiger partial charge in [-0.1, -0.05) is 0 Å². The van der Waals surface area contributed by atoms with E-state index < -0.39 is 0 Å². The smallest absolute Gasteiger partial charge is 1.00 e. The first-order chi connectivity index (χ1) is 10.6. The first-order valence-electron chi connectivity index (χ1n) is 8.23. The third-order valence-corrected chi connectivity index (χ3v) is 5.79. The molecular weight excluding hydrogens is 307 g/mol. The van der Waals surface area contributed by atoms with Crippen molar-refractivity contribution < 1.29 is 39.1 Å². The second-order valence-corrected chi connectivity index (χ2v) is 9.13. The Balaban J connectivity index is 0.00000529. The molecule has 0 fully saturated rings. The second kappa shape index (κ2) is 11.6. The molecule has 0 aliphatic rings. The molecule has 24 heavy (non-hydrogen) atoms. The van der Waals surface area contributed by atoms with E-state index in [4.69, 9.17) is 4.42 Å². The molecule has 1 aromatic rings. The third kappa shape index (κ3) is 7.63. The van der Waals surface area contributed by atoms with Crippen LogP contribution in [0.2, 0.25) is 0 Å². The minimum absolute atomic E-state index is 0. The van der Waals surface area contributed by atoms with E-state index in [0.717, 1.165) is 6.26 Å². The molecule has 1 rings (SSSR count). The van der Waals surface area contributed by atoms with E-state index in [1.165, 1.54) is 6.07 Å². The summed E-state index contributed by atoms with van der Waals surface area (Å²) in [5, 5.41) is 9.27. The average Bonchev–Trinajstić information content (AvgIpc) is 2.41. The van der Waals surface area contributed by atoms with Crippen molar-refractivity contribution >= 4 is 94.7 Å². The minimum Gasteiger partial charge on any atom is 1.00 e. The maximum absolute atomic E-state index is 11.5. The van der Waals surface area contributed by atoms with Crippen LogP contribution in [0.4, 0.5) is 0 Å². The summed E-state index contributed by atoms with van der Waals surface area (Å²) in [6.07, 6.45) is 5.85. The van der Waals surface area contributed by atoms with Crippen LogP contribution < -0.4 is 35.0 Å². The van der Waals surface area contributed by atoms with Gasteiger partial charge in [-0.3, -0.25) is 0 Å². The van der Waals surface area contributed by atoms with Gasteiger partial charge in [0.1, 0.15) is 0 Å². The number of rotatable bonds is 7. The molecule has 0 saturated carbocycles. The molecule has 1 atom stereocenters. The quantitative estimate of drug-likeness (QED) is 0.507. The van der Waals surface area contributed by atoms with Crippen LogP contribution in [0, 0.1) is 0 Å². The fourth-order valence-corrected chi connectivity index (χ4v) is 4.96. The molecule has 1 unspecified atom stereocenters. The van der Waals surface area contributed by atoms with Crippen LogP contribution in [-0.4, -0.2) is 95.8 Å². The zero-order valence-corrected chi connectivity index (χ0v) is 19.0. The third-order valence-electron chi connectivity index (χ3n) is 4.27. The van der Waals surface area contributed by atoms with E-state index in [2.05, 4.69) is 58.7 Å². The van der Waals surface area contributed by atoms with Crippen molar-refractivity contribution in [2.45, 2.75) is 5.75 Å².